The summed E-state index contributed by atoms with van der Waals surface area (Å²) in [4.78, 5) is 23.8. The van der Waals surface area contributed by atoms with Gasteiger partial charge in [-0.25, -0.2) is 9.97 Å². The van der Waals surface area contributed by atoms with Crippen LogP contribution in [0.25, 0.3) is 0 Å². The summed E-state index contributed by atoms with van der Waals surface area (Å²) in [5.74, 6) is 0.720. The van der Waals surface area contributed by atoms with Crippen LogP contribution < -0.4 is 10.2 Å². The Kier molecular flexibility index (Phi) is 5.14. The van der Waals surface area contributed by atoms with Gasteiger partial charge in [0, 0.05) is 29.0 Å². The number of carbonyl (C=O) groups excluding carboxylic acids is 1. The van der Waals surface area contributed by atoms with Crippen molar-refractivity contribution in [2.24, 2.45) is 5.92 Å². The highest BCUT2D eigenvalue weighted by atomic mass is 79.9. The molecule has 1 saturated heterocycles. The molecule has 1 N–H and O–H groups in total. The molecule has 0 radical (unpaired) electrons. The summed E-state index contributed by atoms with van der Waals surface area (Å²) in [6, 6.07) is 9.63. The maximum absolute atomic E-state index is 12.6. The summed E-state index contributed by atoms with van der Waals surface area (Å²) in [6.45, 7) is 5.49. The second-order valence-electron chi connectivity index (χ2n) is 6.20. The molecule has 1 aliphatic heterocycles. The van der Waals surface area contributed by atoms with E-state index < -0.39 is 0 Å². The van der Waals surface area contributed by atoms with E-state index in [4.69, 9.17) is 0 Å². The van der Waals surface area contributed by atoms with Gasteiger partial charge < -0.3 is 10.2 Å². The minimum atomic E-state index is -0.0599. The van der Waals surface area contributed by atoms with Crippen LogP contribution in [0, 0.1) is 19.8 Å². The Balaban J connectivity index is 1.71. The summed E-state index contributed by atoms with van der Waals surface area (Å²) in [5, 5.41) is 3.02. The molecule has 2 aromatic rings. The van der Waals surface area contributed by atoms with Crippen LogP contribution in [-0.4, -0.2) is 29.0 Å². The summed E-state index contributed by atoms with van der Waals surface area (Å²) in [6.07, 6.45) is 1.85. The number of rotatable bonds is 3. The highest BCUT2D eigenvalue weighted by molar-refractivity contribution is 9.10. The van der Waals surface area contributed by atoms with Crippen molar-refractivity contribution in [1.29, 1.82) is 0 Å². The first-order valence-corrected chi connectivity index (χ1v) is 8.95. The van der Waals surface area contributed by atoms with Crippen LogP contribution in [0.15, 0.2) is 34.8 Å². The van der Waals surface area contributed by atoms with Crippen molar-refractivity contribution in [3.8, 4) is 0 Å². The van der Waals surface area contributed by atoms with Crippen LogP contribution in [0.1, 0.15) is 24.2 Å². The van der Waals surface area contributed by atoms with E-state index in [9.17, 15) is 4.79 Å². The highest BCUT2D eigenvalue weighted by Gasteiger charge is 2.27. The quantitative estimate of drug-likeness (QED) is 0.870. The number of halogens is 1. The maximum Gasteiger partial charge on any atom is 0.229 e. The molecule has 3 rings (SSSR count). The summed E-state index contributed by atoms with van der Waals surface area (Å²) < 4.78 is 0.892. The third-order valence-electron chi connectivity index (χ3n) is 4.18. The van der Waals surface area contributed by atoms with Crippen LogP contribution in [0.2, 0.25) is 0 Å². The van der Waals surface area contributed by atoms with Crippen LogP contribution in [-0.2, 0) is 4.79 Å². The lowest BCUT2D eigenvalue weighted by atomic mass is 9.97. The molecule has 0 unspecified atom stereocenters. The average molecular weight is 389 g/mol. The molecule has 6 heteroatoms. The predicted molar refractivity (Wildman–Crippen MR) is 99.2 cm³/mol. The molecular formula is C18H21BrN4O. The van der Waals surface area contributed by atoms with Gasteiger partial charge in [0.1, 0.15) is 0 Å². The number of hydrogen-bond donors (Lipinski definition) is 1. The molecule has 0 saturated carbocycles. The number of amides is 1. The minimum absolute atomic E-state index is 0.0518. The smallest absolute Gasteiger partial charge is 0.229 e. The third-order valence-corrected chi connectivity index (χ3v) is 4.87. The van der Waals surface area contributed by atoms with E-state index in [-0.39, 0.29) is 11.8 Å². The van der Waals surface area contributed by atoms with Gasteiger partial charge in [-0.1, -0.05) is 12.1 Å². The van der Waals surface area contributed by atoms with Crippen molar-refractivity contribution in [2.45, 2.75) is 26.7 Å². The Hall–Kier alpha value is -1.95. The number of benzene rings is 1. The topological polar surface area (TPSA) is 58.1 Å². The van der Waals surface area contributed by atoms with Gasteiger partial charge in [0.2, 0.25) is 11.9 Å². The molecule has 5 nitrogen and oxygen atoms in total. The van der Waals surface area contributed by atoms with E-state index in [1.54, 1.807) is 0 Å². The van der Waals surface area contributed by atoms with Crippen molar-refractivity contribution < 1.29 is 4.79 Å². The molecule has 1 aliphatic rings. The lowest BCUT2D eigenvalue weighted by Gasteiger charge is -2.32. The molecule has 0 bridgehead atoms. The number of piperidine rings is 1. The number of anilines is 2. The van der Waals surface area contributed by atoms with Gasteiger partial charge in [-0.2, -0.15) is 0 Å². The molecule has 1 aromatic heterocycles. The zero-order valence-electron chi connectivity index (χ0n) is 13.9. The molecule has 1 fully saturated rings. The van der Waals surface area contributed by atoms with Crippen molar-refractivity contribution in [1.82, 2.24) is 9.97 Å². The fraction of sp³-hybridized carbons (Fsp3) is 0.389. The molecule has 1 atom stereocenters. The predicted octanol–water partition coefficient (Wildman–Crippen LogP) is 3.71. The summed E-state index contributed by atoms with van der Waals surface area (Å²) >= 11 is 3.47. The van der Waals surface area contributed by atoms with E-state index in [1.165, 1.54) is 0 Å². The standard InChI is InChI=1S/C18H21BrN4O/c1-12-10-13(2)21-18(20-12)23-9-5-6-14(11-23)17(24)22-16-8-4-3-7-15(16)19/h3-4,7-8,10,14H,5-6,9,11H2,1-2H3,(H,22,24)/t14-/m1/s1. The minimum Gasteiger partial charge on any atom is -0.340 e. The lowest BCUT2D eigenvalue weighted by molar-refractivity contribution is -0.120. The first-order chi connectivity index (χ1) is 11.5. The molecule has 126 valence electrons. The van der Waals surface area contributed by atoms with Crippen LogP contribution in [0.5, 0.6) is 0 Å². The van der Waals surface area contributed by atoms with Crippen LogP contribution >= 0.6 is 15.9 Å². The molecule has 1 aromatic carbocycles. The normalized spacial score (nSPS) is 17.6. The second kappa shape index (κ2) is 7.30. The van der Waals surface area contributed by atoms with Gasteiger partial charge >= 0.3 is 0 Å². The van der Waals surface area contributed by atoms with Crippen LogP contribution in [0.3, 0.4) is 0 Å². The molecule has 0 spiro atoms. The zero-order valence-corrected chi connectivity index (χ0v) is 15.5. The molecular weight excluding hydrogens is 368 g/mol. The fourth-order valence-electron chi connectivity index (χ4n) is 3.02. The van der Waals surface area contributed by atoms with E-state index in [1.807, 2.05) is 44.2 Å². The van der Waals surface area contributed by atoms with E-state index >= 15 is 0 Å². The summed E-state index contributed by atoms with van der Waals surface area (Å²) in [5.41, 5.74) is 2.72. The first-order valence-electron chi connectivity index (χ1n) is 8.15. The van der Waals surface area contributed by atoms with Gasteiger partial charge in [-0.3, -0.25) is 4.79 Å². The van der Waals surface area contributed by atoms with Gasteiger partial charge in [0.25, 0.3) is 0 Å². The number of nitrogens with one attached hydrogen (secondary N) is 1. The Morgan fingerprint density at radius 3 is 2.67 bits per heavy atom. The lowest BCUT2D eigenvalue weighted by Crippen LogP contribution is -2.41. The second-order valence-corrected chi connectivity index (χ2v) is 7.06. The van der Waals surface area contributed by atoms with Gasteiger partial charge in [0.05, 0.1) is 11.6 Å². The van der Waals surface area contributed by atoms with Crippen LogP contribution in [0.4, 0.5) is 11.6 Å². The Morgan fingerprint density at radius 2 is 1.96 bits per heavy atom. The largest absolute Gasteiger partial charge is 0.340 e. The maximum atomic E-state index is 12.6. The van der Waals surface area contributed by atoms with Crippen molar-refractivity contribution in [3.05, 3.63) is 46.2 Å². The van der Waals surface area contributed by atoms with E-state index in [0.717, 1.165) is 46.9 Å². The highest BCUT2D eigenvalue weighted by Crippen LogP contribution is 2.25. The van der Waals surface area contributed by atoms with E-state index in [2.05, 4.69) is 36.1 Å². The first kappa shape index (κ1) is 16.9. The van der Waals surface area contributed by atoms with Gasteiger partial charge in [-0.05, 0) is 60.8 Å². The Bertz CT molecular complexity index is 729. The number of carbonyl (C=O) groups is 1. The molecule has 1 amide bonds. The third kappa shape index (κ3) is 3.93. The van der Waals surface area contributed by atoms with Crippen molar-refractivity contribution >= 4 is 33.5 Å². The number of para-hydroxylation sites is 1. The molecule has 0 aliphatic carbocycles. The Morgan fingerprint density at radius 1 is 1.25 bits per heavy atom. The SMILES string of the molecule is Cc1cc(C)nc(N2CCC[C@@H](C(=O)Nc3ccccc3Br)C2)n1. The van der Waals surface area contributed by atoms with E-state index in [0.29, 0.717) is 6.54 Å². The number of nitrogens with zero attached hydrogens (tertiary/aromatic N) is 3. The van der Waals surface area contributed by atoms with Crippen molar-refractivity contribution in [3.63, 3.8) is 0 Å². The summed E-state index contributed by atoms with van der Waals surface area (Å²) in [7, 11) is 0. The van der Waals surface area contributed by atoms with Gasteiger partial charge in [-0.15, -0.1) is 0 Å². The number of hydrogen-bond acceptors (Lipinski definition) is 4. The molecule has 24 heavy (non-hydrogen) atoms. The number of aromatic nitrogens is 2. The monoisotopic (exact) mass is 388 g/mol. The zero-order chi connectivity index (χ0) is 17.1. The average Bonchev–Trinajstić information content (AvgIpc) is 2.56. The van der Waals surface area contributed by atoms with Gasteiger partial charge in [0.15, 0.2) is 0 Å². The molecule has 2 heterocycles. The fourth-order valence-corrected chi connectivity index (χ4v) is 3.40. The van der Waals surface area contributed by atoms with Crippen molar-refractivity contribution in [2.75, 3.05) is 23.3 Å². The number of aryl methyl sites for hydroxylation is 2. The Labute approximate surface area is 150 Å².